The molecule has 8 heteroatoms. The number of amides is 2. The summed E-state index contributed by atoms with van der Waals surface area (Å²) in [6, 6.07) is 5.33. The number of unbranched alkanes of at least 4 members (excludes halogenated alkanes) is 2. The molecule has 2 fully saturated rings. The number of nitrogens with zero attached hydrogens (tertiary/aromatic N) is 1. The maximum absolute atomic E-state index is 13.4. The average Bonchev–Trinajstić information content (AvgIpc) is 2.70. The van der Waals surface area contributed by atoms with Crippen LogP contribution in [0, 0.1) is 17.3 Å². The zero-order valence-corrected chi connectivity index (χ0v) is 19.1. The molecule has 2 N–H and O–H groups in total. The van der Waals surface area contributed by atoms with Crippen molar-refractivity contribution in [1.82, 2.24) is 4.90 Å². The number of hydrogen-bond donors (Lipinski definition) is 1. The first-order valence-electron chi connectivity index (χ1n) is 11.3. The Morgan fingerprint density at radius 2 is 2.00 bits per heavy atom. The summed E-state index contributed by atoms with van der Waals surface area (Å²) in [5.41, 5.74) is 1.78. The van der Waals surface area contributed by atoms with Gasteiger partial charge >= 0.3 is 10.3 Å². The average molecular weight is 449 g/mol. The number of likely N-dealkylation sites (tertiary alicyclic amines) is 1. The highest BCUT2D eigenvalue weighted by Crippen LogP contribution is 2.58. The van der Waals surface area contributed by atoms with E-state index in [4.69, 9.17) is 9.32 Å². The van der Waals surface area contributed by atoms with E-state index in [9.17, 15) is 18.0 Å². The summed E-state index contributed by atoms with van der Waals surface area (Å²) in [7, 11) is -4.06. The first kappa shape index (κ1) is 22.3. The molecule has 1 aromatic carbocycles. The number of fused-ring (bicyclic) bond motifs is 5. The summed E-state index contributed by atoms with van der Waals surface area (Å²) in [6.45, 7) is 4.72. The fraction of sp³-hybridized carbons (Fsp3) is 0.652. The third-order valence-electron chi connectivity index (χ3n) is 7.71. The number of piperidine rings is 1. The van der Waals surface area contributed by atoms with Gasteiger partial charge in [-0.25, -0.2) is 0 Å². The molecule has 4 atom stereocenters. The molecular weight excluding hydrogens is 416 g/mol. The third kappa shape index (κ3) is 4.12. The third-order valence-corrected chi connectivity index (χ3v) is 8.14. The van der Waals surface area contributed by atoms with Crippen molar-refractivity contribution in [2.45, 2.75) is 71.1 Å². The molecule has 170 valence electrons. The lowest BCUT2D eigenvalue weighted by Gasteiger charge is -2.54. The Bertz CT molecular complexity index is 992. The van der Waals surface area contributed by atoms with Gasteiger partial charge in [0.1, 0.15) is 5.75 Å². The van der Waals surface area contributed by atoms with Gasteiger partial charge in [-0.2, -0.15) is 13.6 Å². The molecule has 1 aliphatic heterocycles. The molecule has 31 heavy (non-hydrogen) atoms. The SMILES string of the molecule is CCCCCN1C(=O)CC2C3CCc4cc(OS(N)(=O)=O)ccc4C3CC[C@]2(C)C1=O. The minimum absolute atomic E-state index is 0.0194. The van der Waals surface area contributed by atoms with E-state index in [1.54, 1.807) is 12.1 Å². The predicted octanol–water partition coefficient (Wildman–Crippen LogP) is 3.28. The predicted molar refractivity (Wildman–Crippen MR) is 116 cm³/mol. The van der Waals surface area contributed by atoms with Gasteiger partial charge in [-0.1, -0.05) is 32.8 Å². The van der Waals surface area contributed by atoms with Gasteiger partial charge in [-0.15, -0.1) is 0 Å². The van der Waals surface area contributed by atoms with Gasteiger partial charge in [0, 0.05) is 13.0 Å². The number of carbonyl (C=O) groups is 2. The lowest BCUT2D eigenvalue weighted by Crippen LogP contribution is -2.59. The number of carbonyl (C=O) groups excluding carboxylic acids is 2. The Hall–Kier alpha value is -1.93. The first-order chi connectivity index (χ1) is 14.6. The van der Waals surface area contributed by atoms with Crippen molar-refractivity contribution in [3.05, 3.63) is 29.3 Å². The van der Waals surface area contributed by atoms with Crippen LogP contribution in [0.3, 0.4) is 0 Å². The van der Waals surface area contributed by atoms with Crippen molar-refractivity contribution in [2.75, 3.05) is 6.54 Å². The van der Waals surface area contributed by atoms with E-state index in [1.807, 2.05) is 6.07 Å². The van der Waals surface area contributed by atoms with Crippen LogP contribution < -0.4 is 9.32 Å². The van der Waals surface area contributed by atoms with Gasteiger partial charge < -0.3 is 4.18 Å². The van der Waals surface area contributed by atoms with E-state index in [0.29, 0.717) is 13.0 Å². The van der Waals surface area contributed by atoms with Gasteiger partial charge in [0.15, 0.2) is 0 Å². The van der Waals surface area contributed by atoms with Crippen LogP contribution in [0.2, 0.25) is 0 Å². The van der Waals surface area contributed by atoms with Crippen LogP contribution in [0.1, 0.15) is 75.8 Å². The zero-order chi connectivity index (χ0) is 22.4. The molecule has 3 unspecified atom stereocenters. The minimum atomic E-state index is -4.06. The lowest BCUT2D eigenvalue weighted by molar-refractivity contribution is -0.167. The molecule has 2 amide bonds. The first-order valence-corrected chi connectivity index (χ1v) is 12.8. The quantitative estimate of drug-likeness (QED) is 0.531. The van der Waals surface area contributed by atoms with Crippen LogP contribution in [0.15, 0.2) is 18.2 Å². The Morgan fingerprint density at radius 3 is 2.71 bits per heavy atom. The molecular formula is C23H32N2O5S. The molecule has 1 heterocycles. The fourth-order valence-corrected chi connectivity index (χ4v) is 6.54. The minimum Gasteiger partial charge on any atom is -0.371 e. The number of imide groups is 1. The van der Waals surface area contributed by atoms with E-state index in [1.165, 1.54) is 10.5 Å². The van der Waals surface area contributed by atoms with E-state index < -0.39 is 15.7 Å². The van der Waals surface area contributed by atoms with Crippen LogP contribution >= 0.6 is 0 Å². The highest BCUT2D eigenvalue weighted by atomic mass is 32.2. The molecule has 0 spiro atoms. The smallest absolute Gasteiger partial charge is 0.371 e. The molecule has 1 saturated heterocycles. The summed E-state index contributed by atoms with van der Waals surface area (Å²) in [5, 5.41) is 5.00. The lowest BCUT2D eigenvalue weighted by atomic mass is 9.52. The molecule has 7 nitrogen and oxygen atoms in total. The Balaban J connectivity index is 1.57. The van der Waals surface area contributed by atoms with Crippen LogP contribution in [0.5, 0.6) is 5.75 Å². The maximum Gasteiger partial charge on any atom is 0.380 e. The molecule has 0 bridgehead atoms. The van der Waals surface area contributed by atoms with Crippen LogP contribution in [0.4, 0.5) is 0 Å². The second-order valence-corrected chi connectivity index (χ2v) is 10.7. The largest absolute Gasteiger partial charge is 0.380 e. The maximum atomic E-state index is 13.4. The van der Waals surface area contributed by atoms with Gasteiger partial charge in [-0.3, -0.25) is 14.5 Å². The Morgan fingerprint density at radius 1 is 1.23 bits per heavy atom. The summed E-state index contributed by atoms with van der Waals surface area (Å²) < 4.78 is 27.3. The molecule has 1 aromatic rings. The van der Waals surface area contributed by atoms with E-state index >= 15 is 0 Å². The van der Waals surface area contributed by atoms with Crippen LogP contribution in [0.25, 0.3) is 0 Å². The Kier molecular flexibility index (Phi) is 5.89. The molecule has 0 aromatic heterocycles. The number of benzene rings is 1. The molecule has 3 aliphatic rings. The highest BCUT2D eigenvalue weighted by molar-refractivity contribution is 7.84. The molecule has 1 saturated carbocycles. The normalized spacial score (nSPS) is 30.4. The number of nitrogens with two attached hydrogens (primary N) is 1. The van der Waals surface area contributed by atoms with Gasteiger partial charge in [0.05, 0.1) is 5.41 Å². The topological polar surface area (TPSA) is 107 Å². The monoisotopic (exact) mass is 448 g/mol. The van der Waals surface area contributed by atoms with Gasteiger partial charge in [0.2, 0.25) is 11.8 Å². The summed E-state index contributed by atoms with van der Waals surface area (Å²) in [5.74, 6) is 0.839. The van der Waals surface area contributed by atoms with Crippen molar-refractivity contribution in [1.29, 1.82) is 0 Å². The second-order valence-electron chi connectivity index (χ2n) is 9.57. The highest BCUT2D eigenvalue weighted by Gasteiger charge is 2.57. The van der Waals surface area contributed by atoms with Crippen molar-refractivity contribution in [2.24, 2.45) is 22.4 Å². The molecule has 2 aliphatic carbocycles. The number of aryl methyl sites for hydroxylation is 1. The number of rotatable bonds is 6. The molecule has 4 rings (SSSR count). The van der Waals surface area contributed by atoms with Crippen molar-refractivity contribution in [3.8, 4) is 5.75 Å². The van der Waals surface area contributed by atoms with Gasteiger partial charge in [-0.05, 0) is 73.1 Å². The van der Waals surface area contributed by atoms with E-state index in [-0.39, 0.29) is 35.3 Å². The zero-order valence-electron chi connectivity index (χ0n) is 18.3. The van der Waals surface area contributed by atoms with Crippen LogP contribution in [-0.4, -0.2) is 31.7 Å². The molecule has 0 radical (unpaired) electrons. The summed E-state index contributed by atoms with van der Waals surface area (Å²) in [4.78, 5) is 27.8. The van der Waals surface area contributed by atoms with E-state index in [2.05, 4.69) is 13.8 Å². The summed E-state index contributed by atoms with van der Waals surface area (Å²) in [6.07, 6.45) is 6.71. The second kappa shape index (κ2) is 8.20. The van der Waals surface area contributed by atoms with Crippen molar-refractivity contribution < 1.29 is 22.2 Å². The van der Waals surface area contributed by atoms with E-state index in [0.717, 1.165) is 50.5 Å². The van der Waals surface area contributed by atoms with Gasteiger partial charge in [0.25, 0.3) is 0 Å². The standard InChI is InChI=1S/C23H32N2O5S/c1-3-4-5-12-25-21(26)14-20-19-8-6-15-13-16(30-31(24,28)29)7-9-17(15)18(19)10-11-23(20,2)22(25)27/h7,9,13,18-20H,3-6,8,10-12,14H2,1-2H3,(H2,24,28,29)/t18?,19?,20?,23-/m0/s1. The van der Waals surface area contributed by atoms with Crippen molar-refractivity contribution >= 4 is 22.1 Å². The van der Waals surface area contributed by atoms with Crippen molar-refractivity contribution in [3.63, 3.8) is 0 Å². The number of hydrogen-bond acceptors (Lipinski definition) is 5. The Labute approximate surface area is 184 Å². The fourth-order valence-electron chi connectivity index (χ4n) is 6.17. The summed E-state index contributed by atoms with van der Waals surface area (Å²) >= 11 is 0. The van der Waals surface area contributed by atoms with Crippen LogP contribution in [-0.2, 0) is 26.3 Å².